The second kappa shape index (κ2) is 3.30. The van der Waals surface area contributed by atoms with Crippen LogP contribution in [0.3, 0.4) is 0 Å². The molecular weight excluding hydrogens is 194 g/mol. The minimum atomic E-state index is -1.21. The first-order valence-electron chi connectivity index (χ1n) is 3.68. The van der Waals surface area contributed by atoms with E-state index in [4.69, 9.17) is 11.6 Å². The van der Waals surface area contributed by atoms with Gasteiger partial charge in [0.1, 0.15) is 0 Å². The van der Waals surface area contributed by atoms with Gasteiger partial charge in [0.15, 0.2) is 0 Å². The third kappa shape index (κ3) is 1.95. The Morgan fingerprint density at radius 2 is 2.00 bits per heavy atom. The van der Waals surface area contributed by atoms with Gasteiger partial charge >= 0.3 is 0 Å². The Kier molecular flexibility index (Phi) is 2.52. The van der Waals surface area contributed by atoms with Gasteiger partial charge in [-0.15, -0.1) is 0 Å². The maximum absolute atomic E-state index is 10.7. The topological polar surface area (TPSA) is 60.2 Å². The van der Waals surface area contributed by atoms with Crippen LogP contribution in [0.1, 0.15) is 6.92 Å². The number of hydrogen-bond acceptors (Lipinski definition) is 3. The summed E-state index contributed by atoms with van der Waals surface area (Å²) in [6.07, 6.45) is 5.63. The van der Waals surface area contributed by atoms with Crippen molar-refractivity contribution in [2.45, 2.75) is 12.5 Å². The standard InChI is InChI=1S/C8H8ClNO3/c1-8(10(12)13)4-2-6(3-5-8)7(9)11/h2-6H,1H3. The van der Waals surface area contributed by atoms with E-state index >= 15 is 0 Å². The molecule has 1 rings (SSSR count). The molecule has 0 aliphatic heterocycles. The maximum atomic E-state index is 10.7. The quantitative estimate of drug-likeness (QED) is 0.295. The SMILES string of the molecule is CC1([N+](=O)[O-])C=CC(C(=O)Cl)C=C1. The number of nitro groups is 1. The zero-order chi connectivity index (χ0) is 10.1. The summed E-state index contributed by atoms with van der Waals surface area (Å²) in [4.78, 5) is 20.8. The number of allylic oxidation sites excluding steroid dienone is 2. The van der Waals surface area contributed by atoms with E-state index < -0.39 is 21.6 Å². The van der Waals surface area contributed by atoms with Crippen LogP contribution in [0.4, 0.5) is 0 Å². The van der Waals surface area contributed by atoms with Crippen LogP contribution in [0.25, 0.3) is 0 Å². The van der Waals surface area contributed by atoms with Gasteiger partial charge in [0.05, 0.1) is 5.92 Å². The van der Waals surface area contributed by atoms with E-state index in [0.717, 1.165) is 0 Å². The molecule has 0 saturated heterocycles. The lowest BCUT2D eigenvalue weighted by molar-refractivity contribution is -0.536. The fourth-order valence-electron chi connectivity index (χ4n) is 0.990. The molecule has 0 N–H and O–H groups in total. The molecule has 0 fully saturated rings. The Morgan fingerprint density at radius 3 is 2.31 bits per heavy atom. The van der Waals surface area contributed by atoms with Gasteiger partial charge < -0.3 is 0 Å². The molecule has 0 aromatic rings. The second-order valence-corrected chi connectivity index (χ2v) is 3.40. The average Bonchev–Trinajstić information content (AvgIpc) is 2.04. The highest BCUT2D eigenvalue weighted by Gasteiger charge is 2.33. The molecule has 0 unspecified atom stereocenters. The lowest BCUT2D eigenvalue weighted by Crippen LogP contribution is -2.32. The Balaban J connectivity index is 2.85. The van der Waals surface area contributed by atoms with Gasteiger partial charge in [0, 0.05) is 11.8 Å². The van der Waals surface area contributed by atoms with E-state index in [0.29, 0.717) is 0 Å². The Hall–Kier alpha value is -1.16. The molecule has 5 heteroatoms. The van der Waals surface area contributed by atoms with Gasteiger partial charge in [-0.1, -0.05) is 12.2 Å². The highest BCUT2D eigenvalue weighted by Crippen LogP contribution is 2.22. The summed E-state index contributed by atoms with van der Waals surface area (Å²) >= 11 is 5.22. The summed E-state index contributed by atoms with van der Waals surface area (Å²) in [5.74, 6) is -0.533. The van der Waals surface area contributed by atoms with Gasteiger partial charge in [0.25, 0.3) is 5.54 Å². The normalized spacial score (nSPS) is 31.7. The van der Waals surface area contributed by atoms with Crippen molar-refractivity contribution in [3.63, 3.8) is 0 Å². The first-order valence-corrected chi connectivity index (χ1v) is 4.06. The van der Waals surface area contributed by atoms with Crippen LogP contribution in [0.15, 0.2) is 24.3 Å². The Morgan fingerprint density at radius 1 is 1.54 bits per heavy atom. The van der Waals surface area contributed by atoms with E-state index in [-0.39, 0.29) is 0 Å². The molecule has 70 valence electrons. The van der Waals surface area contributed by atoms with Crippen LogP contribution < -0.4 is 0 Å². The van der Waals surface area contributed by atoms with E-state index in [1.807, 2.05) is 0 Å². The Labute approximate surface area is 80.0 Å². The van der Waals surface area contributed by atoms with Crippen molar-refractivity contribution in [3.05, 3.63) is 34.4 Å². The molecule has 0 radical (unpaired) electrons. The predicted molar refractivity (Wildman–Crippen MR) is 48.0 cm³/mol. The highest BCUT2D eigenvalue weighted by molar-refractivity contribution is 6.64. The third-order valence-electron chi connectivity index (χ3n) is 1.94. The van der Waals surface area contributed by atoms with Crippen LogP contribution in [-0.2, 0) is 4.79 Å². The number of hydrogen-bond donors (Lipinski definition) is 0. The van der Waals surface area contributed by atoms with E-state index in [1.54, 1.807) is 0 Å². The Bertz CT molecular complexity index is 295. The van der Waals surface area contributed by atoms with Crippen molar-refractivity contribution in [2.75, 3.05) is 0 Å². The molecule has 1 aliphatic rings. The van der Waals surface area contributed by atoms with E-state index in [2.05, 4.69) is 0 Å². The molecule has 13 heavy (non-hydrogen) atoms. The molecule has 0 saturated carbocycles. The van der Waals surface area contributed by atoms with Gasteiger partial charge in [-0.2, -0.15) is 0 Å². The van der Waals surface area contributed by atoms with E-state index in [1.165, 1.54) is 31.2 Å². The molecule has 1 aliphatic carbocycles. The van der Waals surface area contributed by atoms with Crippen molar-refractivity contribution in [1.82, 2.24) is 0 Å². The molecule has 0 amide bonds. The summed E-state index contributed by atoms with van der Waals surface area (Å²) in [7, 11) is 0. The fourth-order valence-corrected chi connectivity index (χ4v) is 1.14. The van der Waals surface area contributed by atoms with Gasteiger partial charge in [0.2, 0.25) is 5.24 Å². The first kappa shape index (κ1) is 9.92. The van der Waals surface area contributed by atoms with Crippen molar-refractivity contribution in [2.24, 2.45) is 5.92 Å². The predicted octanol–water partition coefficient (Wildman–Crippen LogP) is 1.53. The average molecular weight is 202 g/mol. The molecule has 0 aromatic carbocycles. The molecule has 0 bridgehead atoms. The van der Waals surface area contributed by atoms with Crippen LogP contribution in [0, 0.1) is 16.0 Å². The summed E-state index contributed by atoms with van der Waals surface area (Å²) in [5, 5.41) is 10.0. The molecule has 0 heterocycles. The number of carbonyl (C=O) groups is 1. The maximum Gasteiger partial charge on any atom is 0.255 e. The molecule has 4 nitrogen and oxygen atoms in total. The minimum Gasteiger partial charge on any atom is -0.280 e. The largest absolute Gasteiger partial charge is 0.280 e. The van der Waals surface area contributed by atoms with Crippen molar-refractivity contribution in [3.8, 4) is 0 Å². The number of carbonyl (C=O) groups excluding carboxylic acids is 1. The van der Waals surface area contributed by atoms with Crippen LogP contribution >= 0.6 is 11.6 Å². The van der Waals surface area contributed by atoms with Crippen LogP contribution in [0.5, 0.6) is 0 Å². The second-order valence-electron chi connectivity index (χ2n) is 3.03. The molecule has 0 spiro atoms. The third-order valence-corrected chi connectivity index (χ3v) is 2.19. The highest BCUT2D eigenvalue weighted by atomic mass is 35.5. The lowest BCUT2D eigenvalue weighted by Gasteiger charge is -2.17. The smallest absolute Gasteiger partial charge is 0.255 e. The lowest BCUT2D eigenvalue weighted by atomic mass is 9.92. The molecule has 0 aromatic heterocycles. The zero-order valence-corrected chi connectivity index (χ0v) is 7.69. The minimum absolute atomic E-state index is 0.422. The van der Waals surface area contributed by atoms with Crippen molar-refractivity contribution < 1.29 is 9.72 Å². The van der Waals surface area contributed by atoms with Crippen molar-refractivity contribution >= 4 is 16.8 Å². The summed E-state index contributed by atoms with van der Waals surface area (Å²) in [5.41, 5.74) is -1.21. The monoisotopic (exact) mass is 201 g/mol. The van der Waals surface area contributed by atoms with E-state index in [9.17, 15) is 14.9 Å². The number of nitrogens with zero attached hydrogens (tertiary/aromatic N) is 1. The summed E-state index contributed by atoms with van der Waals surface area (Å²) in [6.45, 7) is 1.45. The number of rotatable bonds is 2. The van der Waals surface area contributed by atoms with Crippen LogP contribution in [-0.4, -0.2) is 15.7 Å². The molecule has 0 atom stereocenters. The number of halogens is 1. The van der Waals surface area contributed by atoms with Crippen molar-refractivity contribution in [1.29, 1.82) is 0 Å². The summed E-state index contributed by atoms with van der Waals surface area (Å²) in [6, 6.07) is 0. The van der Waals surface area contributed by atoms with Gasteiger partial charge in [-0.3, -0.25) is 14.9 Å². The summed E-state index contributed by atoms with van der Waals surface area (Å²) < 4.78 is 0. The first-order chi connectivity index (χ1) is 5.96. The zero-order valence-electron chi connectivity index (χ0n) is 6.94. The van der Waals surface area contributed by atoms with Gasteiger partial charge in [-0.25, -0.2) is 0 Å². The fraction of sp³-hybridized carbons (Fsp3) is 0.375. The molecular formula is C8H8ClNO3. The van der Waals surface area contributed by atoms with Crippen LogP contribution in [0.2, 0.25) is 0 Å². The van der Waals surface area contributed by atoms with Gasteiger partial charge in [-0.05, 0) is 23.8 Å².